The van der Waals surface area contributed by atoms with Gasteiger partial charge in [-0.25, -0.2) is 4.68 Å². The Morgan fingerprint density at radius 3 is 2.82 bits per heavy atom. The van der Waals surface area contributed by atoms with Crippen LogP contribution in [0.15, 0.2) is 74.7 Å². The molecule has 142 valence electrons. The summed E-state index contributed by atoms with van der Waals surface area (Å²) in [6.45, 7) is 4.45. The molecule has 7 heteroatoms. The predicted molar refractivity (Wildman–Crippen MR) is 109 cm³/mol. The maximum Gasteiger partial charge on any atom is 0.192 e. The number of rotatable bonds is 5. The number of aromatic nitrogens is 3. The van der Waals surface area contributed by atoms with Crippen molar-refractivity contribution in [2.75, 3.05) is 0 Å². The molecule has 0 aliphatic rings. The van der Waals surface area contributed by atoms with E-state index in [1.54, 1.807) is 22.9 Å². The van der Waals surface area contributed by atoms with Gasteiger partial charge in [0, 0.05) is 16.6 Å². The lowest BCUT2D eigenvalue weighted by molar-refractivity contribution is 0.104. The van der Waals surface area contributed by atoms with E-state index in [1.165, 1.54) is 12.3 Å². The van der Waals surface area contributed by atoms with Crippen molar-refractivity contribution in [1.29, 1.82) is 0 Å². The lowest BCUT2D eigenvalue weighted by atomic mass is 10.1. The SMILES string of the molecule is CC(C)(Oc1ccc2c(=O)ccoc2c1)c1cn(Cc2ccccc2Br)nn1. The number of fused-ring (bicyclic) bond motifs is 1. The summed E-state index contributed by atoms with van der Waals surface area (Å²) >= 11 is 3.55. The first-order chi connectivity index (χ1) is 13.4. The highest BCUT2D eigenvalue weighted by molar-refractivity contribution is 9.10. The minimum Gasteiger partial charge on any atom is -0.481 e. The fraction of sp³-hybridized carbons (Fsp3) is 0.190. The van der Waals surface area contributed by atoms with Gasteiger partial charge in [-0.15, -0.1) is 5.10 Å². The van der Waals surface area contributed by atoms with Gasteiger partial charge < -0.3 is 9.15 Å². The molecule has 0 saturated carbocycles. The van der Waals surface area contributed by atoms with Crippen LogP contribution in [0.2, 0.25) is 0 Å². The Morgan fingerprint density at radius 1 is 1.18 bits per heavy atom. The Hall–Kier alpha value is -2.93. The van der Waals surface area contributed by atoms with E-state index in [1.807, 2.05) is 44.3 Å². The van der Waals surface area contributed by atoms with E-state index >= 15 is 0 Å². The smallest absolute Gasteiger partial charge is 0.192 e. The Kier molecular flexibility index (Phi) is 4.77. The summed E-state index contributed by atoms with van der Waals surface area (Å²) < 4.78 is 14.4. The topological polar surface area (TPSA) is 70.2 Å². The van der Waals surface area contributed by atoms with Gasteiger partial charge in [-0.3, -0.25) is 4.79 Å². The van der Waals surface area contributed by atoms with Gasteiger partial charge >= 0.3 is 0 Å². The zero-order valence-corrected chi connectivity index (χ0v) is 17.0. The van der Waals surface area contributed by atoms with Gasteiger partial charge in [-0.2, -0.15) is 0 Å². The van der Waals surface area contributed by atoms with Crippen LogP contribution >= 0.6 is 15.9 Å². The largest absolute Gasteiger partial charge is 0.481 e. The summed E-state index contributed by atoms with van der Waals surface area (Å²) in [6, 6.07) is 14.6. The van der Waals surface area contributed by atoms with Crippen molar-refractivity contribution in [2.24, 2.45) is 0 Å². The fourth-order valence-electron chi connectivity index (χ4n) is 2.93. The minimum absolute atomic E-state index is 0.0814. The van der Waals surface area contributed by atoms with Crippen molar-refractivity contribution in [3.63, 3.8) is 0 Å². The van der Waals surface area contributed by atoms with Crippen LogP contribution < -0.4 is 10.2 Å². The molecule has 0 N–H and O–H groups in total. The van der Waals surface area contributed by atoms with Crippen LogP contribution in [0, 0.1) is 0 Å². The van der Waals surface area contributed by atoms with Crippen molar-refractivity contribution < 1.29 is 9.15 Å². The normalized spacial score (nSPS) is 11.7. The van der Waals surface area contributed by atoms with Crippen LogP contribution in [0.4, 0.5) is 0 Å². The number of hydrogen-bond acceptors (Lipinski definition) is 5. The second-order valence-electron chi connectivity index (χ2n) is 6.95. The van der Waals surface area contributed by atoms with Gasteiger partial charge in [-0.1, -0.05) is 39.3 Å². The number of halogens is 1. The van der Waals surface area contributed by atoms with Crippen LogP contribution in [0.25, 0.3) is 11.0 Å². The van der Waals surface area contributed by atoms with E-state index in [0.29, 0.717) is 29.0 Å². The van der Waals surface area contributed by atoms with Gasteiger partial charge in [0.15, 0.2) is 5.43 Å². The van der Waals surface area contributed by atoms with Crippen LogP contribution in [-0.4, -0.2) is 15.0 Å². The van der Waals surface area contributed by atoms with Gasteiger partial charge in [0.05, 0.1) is 24.4 Å². The Balaban J connectivity index is 1.56. The van der Waals surface area contributed by atoms with Crippen molar-refractivity contribution in [1.82, 2.24) is 15.0 Å². The van der Waals surface area contributed by atoms with Gasteiger partial charge in [-0.05, 0) is 37.6 Å². The number of hydrogen-bond donors (Lipinski definition) is 0. The first-order valence-electron chi connectivity index (χ1n) is 8.77. The highest BCUT2D eigenvalue weighted by Gasteiger charge is 2.27. The molecule has 4 aromatic rings. The van der Waals surface area contributed by atoms with Crippen molar-refractivity contribution in [3.8, 4) is 5.75 Å². The van der Waals surface area contributed by atoms with E-state index in [2.05, 4.69) is 26.2 Å². The maximum absolute atomic E-state index is 11.8. The molecule has 2 heterocycles. The molecule has 2 aromatic carbocycles. The van der Waals surface area contributed by atoms with E-state index in [-0.39, 0.29) is 5.43 Å². The highest BCUT2D eigenvalue weighted by Crippen LogP contribution is 2.28. The number of nitrogens with zero attached hydrogens (tertiary/aromatic N) is 3. The van der Waals surface area contributed by atoms with Gasteiger partial charge in [0.2, 0.25) is 0 Å². The van der Waals surface area contributed by atoms with E-state index in [0.717, 1.165) is 10.0 Å². The molecule has 0 atom stereocenters. The molecule has 0 bridgehead atoms. The minimum atomic E-state index is -0.713. The molecule has 28 heavy (non-hydrogen) atoms. The Morgan fingerprint density at radius 2 is 2.00 bits per heavy atom. The van der Waals surface area contributed by atoms with Crippen LogP contribution in [-0.2, 0) is 12.1 Å². The lowest BCUT2D eigenvalue weighted by Gasteiger charge is -2.24. The molecule has 0 amide bonds. The van der Waals surface area contributed by atoms with Crippen molar-refractivity contribution >= 4 is 26.9 Å². The average molecular weight is 440 g/mol. The quantitative estimate of drug-likeness (QED) is 0.457. The molecule has 0 fully saturated rings. The molecule has 0 aliphatic heterocycles. The molecule has 0 spiro atoms. The number of benzene rings is 2. The lowest BCUT2D eigenvalue weighted by Crippen LogP contribution is -2.25. The zero-order chi connectivity index (χ0) is 19.7. The third-order valence-electron chi connectivity index (χ3n) is 4.45. The van der Waals surface area contributed by atoms with Crippen molar-refractivity contribution in [2.45, 2.75) is 26.0 Å². The molecular formula is C21H18BrN3O3. The summed E-state index contributed by atoms with van der Waals surface area (Å²) in [5.74, 6) is 0.590. The summed E-state index contributed by atoms with van der Waals surface area (Å²) in [5.41, 5.74) is 1.51. The predicted octanol–water partition coefficient (Wildman–Crippen LogP) is 4.51. The molecule has 6 nitrogen and oxygen atoms in total. The summed E-state index contributed by atoms with van der Waals surface area (Å²) in [4.78, 5) is 11.8. The van der Waals surface area contributed by atoms with Crippen LogP contribution in [0.1, 0.15) is 25.1 Å². The standard InChI is InChI=1S/C21H18BrN3O3/c1-21(2,28-15-7-8-16-18(26)9-10-27-19(16)11-15)20-13-25(24-23-20)12-14-5-3-4-6-17(14)22/h3-11,13H,12H2,1-2H3. The molecule has 0 radical (unpaired) electrons. The van der Waals surface area contributed by atoms with Crippen LogP contribution in [0.3, 0.4) is 0 Å². The zero-order valence-electron chi connectivity index (χ0n) is 15.4. The second kappa shape index (κ2) is 7.24. The Labute approximate surface area is 169 Å². The van der Waals surface area contributed by atoms with Gasteiger partial charge in [0.1, 0.15) is 22.6 Å². The third-order valence-corrected chi connectivity index (χ3v) is 5.23. The molecule has 4 rings (SSSR count). The van der Waals surface area contributed by atoms with E-state index in [4.69, 9.17) is 9.15 Å². The van der Waals surface area contributed by atoms with E-state index < -0.39 is 5.60 Å². The monoisotopic (exact) mass is 439 g/mol. The fourth-order valence-corrected chi connectivity index (χ4v) is 3.34. The molecule has 0 aliphatic carbocycles. The summed E-state index contributed by atoms with van der Waals surface area (Å²) in [7, 11) is 0. The molecule has 0 unspecified atom stereocenters. The average Bonchev–Trinajstić information content (AvgIpc) is 3.13. The third kappa shape index (κ3) is 3.71. The summed E-state index contributed by atoms with van der Waals surface area (Å²) in [5, 5.41) is 9.03. The highest BCUT2D eigenvalue weighted by atomic mass is 79.9. The molecule has 0 saturated heterocycles. The number of ether oxygens (including phenoxy) is 1. The first kappa shape index (κ1) is 18.4. The van der Waals surface area contributed by atoms with Crippen molar-refractivity contribution in [3.05, 3.63) is 86.9 Å². The van der Waals surface area contributed by atoms with Crippen LogP contribution in [0.5, 0.6) is 5.75 Å². The second-order valence-corrected chi connectivity index (χ2v) is 7.80. The Bertz CT molecular complexity index is 1200. The van der Waals surface area contributed by atoms with E-state index in [9.17, 15) is 4.79 Å². The first-order valence-corrected chi connectivity index (χ1v) is 9.56. The maximum atomic E-state index is 11.8. The van der Waals surface area contributed by atoms with Gasteiger partial charge in [0.25, 0.3) is 0 Å². The molecule has 2 aromatic heterocycles. The molecular weight excluding hydrogens is 422 g/mol. The summed E-state index contributed by atoms with van der Waals surface area (Å²) in [6.07, 6.45) is 3.26.